The van der Waals surface area contributed by atoms with Crippen LogP contribution in [0, 0.1) is 0 Å². The largest absolute Gasteiger partial charge is 0.481 e. The van der Waals surface area contributed by atoms with Crippen molar-refractivity contribution in [3.8, 4) is 5.88 Å². The van der Waals surface area contributed by atoms with E-state index in [0.717, 1.165) is 18.4 Å². The molecule has 0 unspecified atom stereocenters. The molecule has 0 bridgehead atoms. The molecule has 3 N–H and O–H groups in total. The first-order chi connectivity index (χ1) is 12.9. The number of benzene rings is 1. The number of carbonyl (C=O) groups is 1. The van der Waals surface area contributed by atoms with Crippen LogP contribution in [-0.4, -0.2) is 41.2 Å². The van der Waals surface area contributed by atoms with E-state index in [1.165, 1.54) is 13.2 Å². The van der Waals surface area contributed by atoms with Crippen LogP contribution in [-0.2, 0) is 11.2 Å². The summed E-state index contributed by atoms with van der Waals surface area (Å²) in [6.45, 7) is 1.96. The molecule has 0 fully saturated rings. The van der Waals surface area contributed by atoms with E-state index in [1.54, 1.807) is 0 Å². The molecule has 27 heavy (non-hydrogen) atoms. The summed E-state index contributed by atoms with van der Waals surface area (Å²) < 4.78 is 10.3. The predicted molar refractivity (Wildman–Crippen MR) is 102 cm³/mol. The fraction of sp³-hybridized carbons (Fsp3) is 0.333. The number of hydrogen-bond donors (Lipinski definition) is 2. The Kier molecular flexibility index (Phi) is 5.75. The lowest BCUT2D eigenvalue weighted by Crippen LogP contribution is -2.20. The van der Waals surface area contributed by atoms with E-state index in [0.29, 0.717) is 5.69 Å². The molecule has 9 heteroatoms. The molecule has 2 aromatic rings. The van der Waals surface area contributed by atoms with E-state index in [-0.39, 0.29) is 35.0 Å². The Balaban J connectivity index is 1.59. The van der Waals surface area contributed by atoms with E-state index in [1.807, 2.05) is 31.2 Å². The Hall–Kier alpha value is -2.87. The highest BCUT2D eigenvalue weighted by molar-refractivity contribution is 6.28. The van der Waals surface area contributed by atoms with Gasteiger partial charge in [0.15, 0.2) is 0 Å². The zero-order valence-electron chi connectivity index (χ0n) is 15.0. The average Bonchev–Trinajstić information content (AvgIpc) is 2.97. The number of methoxy groups -OCH3 is 1. The van der Waals surface area contributed by atoms with E-state index < -0.39 is 5.91 Å². The van der Waals surface area contributed by atoms with Gasteiger partial charge in [-0.3, -0.25) is 4.79 Å². The van der Waals surface area contributed by atoms with Crippen molar-refractivity contribution in [2.24, 2.45) is 10.7 Å². The van der Waals surface area contributed by atoms with Crippen molar-refractivity contribution in [3.05, 3.63) is 46.9 Å². The van der Waals surface area contributed by atoms with Gasteiger partial charge in [-0.05, 0) is 49.1 Å². The molecule has 1 aromatic carbocycles. The number of halogens is 1. The van der Waals surface area contributed by atoms with Crippen LogP contribution in [0.4, 0.5) is 5.69 Å². The van der Waals surface area contributed by atoms with Gasteiger partial charge in [-0.15, -0.1) is 0 Å². The number of aliphatic imine (C=N–C) groups is 1. The molecular formula is C18H20ClN5O3. The minimum absolute atomic E-state index is 0.000221. The maximum absolute atomic E-state index is 12.3. The second kappa shape index (κ2) is 8.22. The standard InChI is InChI=1S/C18H20ClN5O3/c1-10-13(23-18(20)27-10)8-5-11-3-6-12(7-4-11)21-16(25)14-9-15(26-2)24-17(19)22-14/h3-4,6-7,9-10,13H,5,8H2,1-2H3,(H2,20,23)(H,21,25)/t10-,13-/m0/s1. The first kappa shape index (κ1) is 18.9. The average molecular weight is 390 g/mol. The second-order valence-electron chi connectivity index (χ2n) is 6.11. The minimum Gasteiger partial charge on any atom is -0.481 e. The molecule has 8 nitrogen and oxygen atoms in total. The van der Waals surface area contributed by atoms with Crippen molar-refractivity contribution in [2.45, 2.75) is 31.9 Å². The predicted octanol–water partition coefficient (Wildman–Crippen LogP) is 2.43. The minimum atomic E-state index is -0.396. The van der Waals surface area contributed by atoms with Crippen LogP contribution >= 0.6 is 11.6 Å². The van der Waals surface area contributed by atoms with Crippen molar-refractivity contribution in [2.75, 3.05) is 12.4 Å². The zero-order valence-corrected chi connectivity index (χ0v) is 15.7. The normalized spacial score (nSPS) is 18.6. The quantitative estimate of drug-likeness (QED) is 0.734. The number of ether oxygens (including phenoxy) is 2. The number of carbonyl (C=O) groups excluding carboxylic acids is 1. The highest BCUT2D eigenvalue weighted by Crippen LogP contribution is 2.19. The van der Waals surface area contributed by atoms with Gasteiger partial charge in [0.1, 0.15) is 11.8 Å². The Morgan fingerprint density at radius 3 is 2.70 bits per heavy atom. The van der Waals surface area contributed by atoms with Gasteiger partial charge in [0.25, 0.3) is 11.9 Å². The molecule has 0 radical (unpaired) electrons. The van der Waals surface area contributed by atoms with Crippen LogP contribution in [0.15, 0.2) is 35.3 Å². The maximum atomic E-state index is 12.3. The number of amides is 1. The van der Waals surface area contributed by atoms with Crippen molar-refractivity contribution in [1.29, 1.82) is 0 Å². The lowest BCUT2D eigenvalue weighted by atomic mass is 10.0. The molecule has 1 aromatic heterocycles. The number of amidine groups is 1. The third-order valence-corrected chi connectivity index (χ3v) is 4.37. The van der Waals surface area contributed by atoms with Crippen LogP contribution < -0.4 is 15.8 Å². The molecule has 0 saturated heterocycles. The summed E-state index contributed by atoms with van der Waals surface area (Å²) in [5.74, 6) is -0.170. The fourth-order valence-electron chi connectivity index (χ4n) is 2.75. The fourth-order valence-corrected chi connectivity index (χ4v) is 2.92. The molecule has 2 atom stereocenters. The summed E-state index contributed by atoms with van der Waals surface area (Å²) in [5.41, 5.74) is 7.50. The summed E-state index contributed by atoms with van der Waals surface area (Å²) >= 11 is 5.80. The van der Waals surface area contributed by atoms with Crippen molar-refractivity contribution >= 4 is 29.2 Å². The van der Waals surface area contributed by atoms with Gasteiger partial charge in [-0.2, -0.15) is 4.98 Å². The third-order valence-electron chi connectivity index (χ3n) is 4.20. The van der Waals surface area contributed by atoms with Crippen molar-refractivity contribution in [3.63, 3.8) is 0 Å². The summed E-state index contributed by atoms with van der Waals surface area (Å²) in [5, 5.41) is 2.72. The van der Waals surface area contributed by atoms with Crippen molar-refractivity contribution < 1.29 is 14.3 Å². The number of nitrogens with two attached hydrogens (primary N) is 1. The molecule has 0 aliphatic carbocycles. The monoisotopic (exact) mass is 389 g/mol. The highest BCUT2D eigenvalue weighted by Gasteiger charge is 2.25. The smallest absolute Gasteiger partial charge is 0.282 e. The number of anilines is 1. The van der Waals surface area contributed by atoms with Gasteiger partial charge in [-0.1, -0.05) is 12.1 Å². The zero-order chi connectivity index (χ0) is 19.4. The number of nitrogens with one attached hydrogen (secondary N) is 1. The molecule has 0 spiro atoms. The summed E-state index contributed by atoms with van der Waals surface area (Å²) in [7, 11) is 1.44. The molecule has 1 aliphatic heterocycles. The van der Waals surface area contributed by atoms with Crippen LogP contribution in [0.25, 0.3) is 0 Å². The Morgan fingerprint density at radius 1 is 1.33 bits per heavy atom. The summed E-state index contributed by atoms with van der Waals surface area (Å²) in [4.78, 5) is 24.4. The maximum Gasteiger partial charge on any atom is 0.282 e. The van der Waals surface area contributed by atoms with Crippen LogP contribution in [0.3, 0.4) is 0 Å². The number of aryl methyl sites for hydroxylation is 1. The molecular weight excluding hydrogens is 370 g/mol. The molecule has 1 aliphatic rings. The SMILES string of the molecule is COc1cc(C(=O)Nc2ccc(CC[C@@H]3N=C(N)O[C@H]3C)cc2)nc(Cl)n1. The second-order valence-corrected chi connectivity index (χ2v) is 6.45. The highest BCUT2D eigenvalue weighted by atomic mass is 35.5. The first-order valence-corrected chi connectivity index (χ1v) is 8.81. The van der Waals surface area contributed by atoms with Gasteiger partial charge in [-0.25, -0.2) is 9.98 Å². The first-order valence-electron chi connectivity index (χ1n) is 8.43. The Morgan fingerprint density at radius 2 is 2.07 bits per heavy atom. The molecule has 1 amide bonds. The van der Waals surface area contributed by atoms with Crippen LogP contribution in [0.5, 0.6) is 5.88 Å². The lowest BCUT2D eigenvalue weighted by molar-refractivity contribution is 0.102. The molecule has 0 saturated carbocycles. The molecule has 2 heterocycles. The summed E-state index contributed by atoms with van der Waals surface area (Å²) in [6.07, 6.45) is 1.68. The van der Waals surface area contributed by atoms with Crippen molar-refractivity contribution in [1.82, 2.24) is 9.97 Å². The van der Waals surface area contributed by atoms with Gasteiger partial charge in [0.05, 0.1) is 13.2 Å². The van der Waals surface area contributed by atoms with Crippen LogP contribution in [0.2, 0.25) is 5.28 Å². The third kappa shape index (κ3) is 4.85. The number of rotatable bonds is 6. The van der Waals surface area contributed by atoms with E-state index in [2.05, 4.69) is 20.3 Å². The van der Waals surface area contributed by atoms with Crippen LogP contribution in [0.1, 0.15) is 29.4 Å². The van der Waals surface area contributed by atoms with E-state index >= 15 is 0 Å². The summed E-state index contributed by atoms with van der Waals surface area (Å²) in [6, 6.07) is 9.33. The van der Waals surface area contributed by atoms with Gasteiger partial charge < -0.3 is 20.5 Å². The topological polar surface area (TPSA) is 112 Å². The molecule has 142 valence electrons. The van der Waals surface area contributed by atoms with Gasteiger partial charge in [0.2, 0.25) is 11.2 Å². The Labute approximate surface area is 161 Å². The Bertz CT molecular complexity index is 857. The van der Waals surface area contributed by atoms with E-state index in [4.69, 9.17) is 26.8 Å². The lowest BCUT2D eigenvalue weighted by Gasteiger charge is -2.12. The number of aromatic nitrogens is 2. The number of hydrogen-bond acceptors (Lipinski definition) is 7. The van der Waals surface area contributed by atoms with Gasteiger partial charge >= 0.3 is 0 Å². The van der Waals surface area contributed by atoms with E-state index in [9.17, 15) is 4.79 Å². The molecule has 3 rings (SSSR count). The van der Waals surface area contributed by atoms with Gasteiger partial charge in [0, 0.05) is 11.8 Å². The number of nitrogens with zero attached hydrogens (tertiary/aromatic N) is 3.